The van der Waals surface area contributed by atoms with Crippen molar-refractivity contribution in [2.75, 3.05) is 23.7 Å². The number of aliphatic hydroxyl groups excluding tert-OH is 1. The number of aliphatic hydroxyl groups is 1. The number of primary sulfonamides is 1. The molecule has 1 heterocycles. The maximum atomic E-state index is 11.8. The van der Waals surface area contributed by atoms with Crippen LogP contribution in [0.15, 0.2) is 36.4 Å². The highest BCUT2D eigenvalue weighted by molar-refractivity contribution is 7.89. The number of sulfonamides is 1. The fourth-order valence-corrected chi connectivity index (χ4v) is 7.27. The Morgan fingerprint density at radius 1 is 1.10 bits per heavy atom. The largest absolute Gasteiger partial charge is 0.487 e. The first-order valence-electron chi connectivity index (χ1n) is 14.3. The van der Waals surface area contributed by atoms with Gasteiger partial charge in [0.1, 0.15) is 12.4 Å². The van der Waals surface area contributed by atoms with Crippen molar-refractivity contribution in [3.05, 3.63) is 58.1 Å². The van der Waals surface area contributed by atoms with Crippen LogP contribution in [0.1, 0.15) is 66.4 Å². The van der Waals surface area contributed by atoms with Crippen LogP contribution in [0.4, 0.5) is 5.69 Å². The predicted octanol–water partition coefficient (Wildman–Crippen LogP) is 4.85. The standard InChI is InChI=1S/C30H39ClN2O6S/c31-24-9-6-23-18-39-28-11-8-21(30(35)36)16-27(28)33(12-2-1-4-19(23)14-24)17-22-7-10-25(22)29(34)26-15-20(26)5-3-13-40(32,37)38/h6,8-9,11,14,16,20,22,25-26,29,34H,1-5,7,10,12-13,15,17-18H2,(H,35,36)(H2,32,37,38)/t20-,22-,25+,26?,29+/m0/s1. The van der Waals surface area contributed by atoms with Crippen molar-refractivity contribution in [3.8, 4) is 5.75 Å². The Kier molecular flexibility index (Phi) is 8.95. The van der Waals surface area contributed by atoms with E-state index in [2.05, 4.69) is 4.90 Å². The summed E-state index contributed by atoms with van der Waals surface area (Å²) in [6.07, 6.45) is 6.61. The van der Waals surface area contributed by atoms with Crippen LogP contribution in [0.25, 0.3) is 0 Å². The molecule has 2 aromatic rings. The van der Waals surface area contributed by atoms with Gasteiger partial charge in [-0.15, -0.1) is 0 Å². The van der Waals surface area contributed by atoms with E-state index in [1.165, 1.54) is 5.56 Å². The molecule has 2 aromatic carbocycles. The van der Waals surface area contributed by atoms with Crippen LogP contribution in [0.5, 0.6) is 5.75 Å². The molecular weight excluding hydrogens is 552 g/mol. The first-order chi connectivity index (χ1) is 19.1. The summed E-state index contributed by atoms with van der Waals surface area (Å²) in [6.45, 7) is 1.86. The molecule has 1 aliphatic heterocycles. The molecule has 0 radical (unpaired) electrons. The van der Waals surface area contributed by atoms with Crippen LogP contribution >= 0.6 is 11.6 Å². The van der Waals surface area contributed by atoms with E-state index in [1.807, 2.05) is 18.2 Å². The molecule has 0 amide bonds. The first-order valence-corrected chi connectivity index (χ1v) is 16.4. The first kappa shape index (κ1) is 29.2. The molecule has 8 nitrogen and oxygen atoms in total. The number of aromatic carboxylic acids is 1. The number of fused-ring (bicyclic) bond motifs is 2. The Balaban J connectivity index is 1.30. The van der Waals surface area contributed by atoms with Gasteiger partial charge in [0.2, 0.25) is 10.0 Å². The van der Waals surface area contributed by atoms with Gasteiger partial charge in [0.25, 0.3) is 0 Å². The zero-order chi connectivity index (χ0) is 28.4. The van der Waals surface area contributed by atoms with Crippen LogP contribution in [-0.4, -0.2) is 49.5 Å². The fraction of sp³-hybridized carbons (Fsp3) is 0.567. The minimum Gasteiger partial charge on any atom is -0.487 e. The van der Waals surface area contributed by atoms with E-state index < -0.39 is 22.1 Å². The summed E-state index contributed by atoms with van der Waals surface area (Å²) in [5.41, 5.74) is 3.26. The quantitative estimate of drug-likeness (QED) is 0.380. The number of halogens is 1. The van der Waals surface area contributed by atoms with Gasteiger partial charge in [0, 0.05) is 18.1 Å². The highest BCUT2D eigenvalue weighted by Crippen LogP contribution is 2.51. The number of nitrogens with zero attached hydrogens (tertiary/aromatic N) is 1. The van der Waals surface area contributed by atoms with Crippen LogP contribution in [0, 0.1) is 23.7 Å². The molecule has 2 aliphatic carbocycles. The summed E-state index contributed by atoms with van der Waals surface area (Å²) >= 11 is 6.27. The van der Waals surface area contributed by atoms with Gasteiger partial charge < -0.3 is 19.8 Å². The SMILES string of the molecule is NS(=O)(=O)CCC[C@H]1CC1[C@H](O)[C@@H]1CC[C@H]1CN1CCCCc2cc(Cl)ccc2COc2ccc(C(=O)O)cc21. The Bertz CT molecular complexity index is 1340. The Morgan fingerprint density at radius 2 is 1.93 bits per heavy atom. The maximum Gasteiger partial charge on any atom is 0.335 e. The number of carbonyl (C=O) groups is 1. The second-order valence-corrected chi connectivity index (χ2v) is 13.9. The lowest BCUT2D eigenvalue weighted by Gasteiger charge is -2.43. The van der Waals surface area contributed by atoms with E-state index in [-0.39, 0.29) is 23.2 Å². The second-order valence-electron chi connectivity index (χ2n) is 11.8. The lowest BCUT2D eigenvalue weighted by molar-refractivity contribution is -0.00154. The number of hydrogen-bond donors (Lipinski definition) is 3. The van der Waals surface area contributed by atoms with Gasteiger partial charge in [-0.3, -0.25) is 0 Å². The van der Waals surface area contributed by atoms with Crippen molar-refractivity contribution in [1.29, 1.82) is 0 Å². The van der Waals surface area contributed by atoms with Crippen molar-refractivity contribution >= 4 is 33.3 Å². The molecule has 218 valence electrons. The Morgan fingerprint density at radius 3 is 2.65 bits per heavy atom. The molecule has 0 bridgehead atoms. The van der Waals surface area contributed by atoms with E-state index in [1.54, 1.807) is 18.2 Å². The van der Waals surface area contributed by atoms with Crippen LogP contribution in [0.3, 0.4) is 0 Å². The van der Waals surface area contributed by atoms with E-state index in [9.17, 15) is 23.4 Å². The third-order valence-corrected chi connectivity index (χ3v) is 10.1. The highest BCUT2D eigenvalue weighted by Gasteiger charge is 2.49. The number of nitrogens with two attached hydrogens (primary N) is 1. The van der Waals surface area contributed by atoms with Crippen LogP contribution in [-0.2, 0) is 23.1 Å². The van der Waals surface area contributed by atoms with E-state index in [0.717, 1.165) is 69.3 Å². The number of rotatable bonds is 9. The van der Waals surface area contributed by atoms with Gasteiger partial charge in [-0.2, -0.15) is 0 Å². The van der Waals surface area contributed by atoms with Gasteiger partial charge in [-0.25, -0.2) is 18.4 Å². The lowest BCUT2D eigenvalue weighted by atomic mass is 9.69. The van der Waals surface area contributed by atoms with Gasteiger partial charge in [-0.1, -0.05) is 17.7 Å². The summed E-state index contributed by atoms with van der Waals surface area (Å²) in [5.74, 6) is 0.727. The number of hydrogen-bond acceptors (Lipinski definition) is 6. The summed E-state index contributed by atoms with van der Waals surface area (Å²) < 4.78 is 28.8. The van der Waals surface area contributed by atoms with Crippen molar-refractivity contribution in [3.63, 3.8) is 0 Å². The number of aryl methyl sites for hydroxylation is 1. The summed E-state index contributed by atoms with van der Waals surface area (Å²) in [6, 6.07) is 10.9. The van der Waals surface area contributed by atoms with Crippen molar-refractivity contribution < 1.29 is 28.2 Å². The van der Waals surface area contributed by atoms with E-state index in [4.69, 9.17) is 21.5 Å². The smallest absolute Gasteiger partial charge is 0.335 e. The van der Waals surface area contributed by atoms with Crippen molar-refractivity contribution in [2.45, 2.75) is 64.1 Å². The lowest BCUT2D eigenvalue weighted by Crippen LogP contribution is -2.44. The van der Waals surface area contributed by atoms with Crippen molar-refractivity contribution in [1.82, 2.24) is 0 Å². The second kappa shape index (κ2) is 12.3. The van der Waals surface area contributed by atoms with Gasteiger partial charge in [0.15, 0.2) is 0 Å². The minimum atomic E-state index is -3.45. The number of anilines is 1. The monoisotopic (exact) mass is 590 g/mol. The average molecular weight is 591 g/mol. The molecule has 10 heteroatoms. The molecule has 0 saturated heterocycles. The Hall–Kier alpha value is -2.33. The molecule has 5 rings (SSSR count). The Labute approximate surface area is 241 Å². The number of benzene rings is 2. The molecule has 2 saturated carbocycles. The third kappa shape index (κ3) is 7.11. The van der Waals surface area contributed by atoms with Crippen molar-refractivity contribution in [2.24, 2.45) is 28.8 Å². The molecule has 0 aromatic heterocycles. The van der Waals surface area contributed by atoms with Gasteiger partial charge in [0.05, 0.1) is 23.1 Å². The highest BCUT2D eigenvalue weighted by atomic mass is 35.5. The topological polar surface area (TPSA) is 130 Å². The summed E-state index contributed by atoms with van der Waals surface area (Å²) in [7, 11) is -3.45. The molecule has 4 N–H and O–H groups in total. The molecule has 0 spiro atoms. The molecule has 5 atom stereocenters. The summed E-state index contributed by atoms with van der Waals surface area (Å²) in [4.78, 5) is 14.1. The summed E-state index contributed by atoms with van der Waals surface area (Å²) in [5, 5.41) is 26.8. The zero-order valence-corrected chi connectivity index (χ0v) is 24.2. The van der Waals surface area contributed by atoms with E-state index >= 15 is 0 Å². The average Bonchev–Trinajstić information content (AvgIpc) is 3.65. The minimum absolute atomic E-state index is 0.00867. The molecule has 1 unspecified atom stereocenters. The molecule has 2 fully saturated rings. The van der Waals surface area contributed by atoms with Crippen LogP contribution in [0.2, 0.25) is 5.02 Å². The number of ether oxygens (including phenoxy) is 1. The molecule has 40 heavy (non-hydrogen) atoms. The number of carboxylic acids is 1. The van der Waals surface area contributed by atoms with Gasteiger partial charge >= 0.3 is 5.97 Å². The third-order valence-electron chi connectivity index (χ3n) is 9.01. The molecule has 3 aliphatic rings. The van der Waals surface area contributed by atoms with Crippen LogP contribution < -0.4 is 14.8 Å². The normalized spacial score (nSPS) is 25.4. The maximum absolute atomic E-state index is 11.8. The zero-order valence-electron chi connectivity index (χ0n) is 22.7. The van der Waals surface area contributed by atoms with Gasteiger partial charge in [-0.05, 0) is 116 Å². The number of carboxylic acid groups (broad SMARTS) is 1. The predicted molar refractivity (Wildman–Crippen MR) is 155 cm³/mol. The van der Waals surface area contributed by atoms with E-state index in [0.29, 0.717) is 35.6 Å². The molecular formula is C30H39ClN2O6S. The fourth-order valence-electron chi connectivity index (χ4n) is 6.51.